The summed E-state index contributed by atoms with van der Waals surface area (Å²) in [4.78, 5) is 54.2. The lowest BCUT2D eigenvalue weighted by Gasteiger charge is -2.51. The zero-order valence-electron chi connectivity index (χ0n) is 84.6. The Morgan fingerprint density at radius 3 is 1.01 bits per heavy atom. The Labute approximate surface area is 854 Å². The number of amides is 4. The summed E-state index contributed by atoms with van der Waals surface area (Å²) in [6.07, 6.45) is -55.3. The van der Waals surface area contributed by atoms with Crippen molar-refractivity contribution in [1.29, 1.82) is 0 Å². The lowest BCUT2D eigenvalue weighted by atomic mass is 9.93. The van der Waals surface area contributed by atoms with Crippen LogP contribution in [0.5, 0.6) is 0 Å². The summed E-state index contributed by atoms with van der Waals surface area (Å²) in [6.45, 7) is -0.936. The van der Waals surface area contributed by atoms with Gasteiger partial charge in [0, 0.05) is 27.2 Å². The van der Waals surface area contributed by atoms with E-state index in [0.717, 1.165) is 85.0 Å². The minimum atomic E-state index is -2.61. The summed E-state index contributed by atoms with van der Waals surface area (Å²) < 4.78 is 109. The van der Waals surface area contributed by atoms with Gasteiger partial charge in [-0.15, -0.1) is 0 Å². The second kappa shape index (κ2) is 63.9. The highest BCUT2D eigenvalue weighted by atomic mass is 16.8. The molecule has 0 aromatic carbocycles. The first-order valence-electron chi connectivity index (χ1n) is 52.4. The molecule has 9 aliphatic heterocycles. The van der Waals surface area contributed by atoms with Crippen LogP contribution in [0.2, 0.25) is 0 Å². The van der Waals surface area contributed by atoms with Crippen molar-refractivity contribution >= 4 is 23.6 Å². The number of allylic oxidation sites excluding steroid dienone is 1. The molecule has 0 spiro atoms. The van der Waals surface area contributed by atoms with Crippen molar-refractivity contribution in [2.45, 2.75) is 510 Å². The van der Waals surface area contributed by atoms with Crippen LogP contribution in [-0.4, -0.2) is 499 Å². The van der Waals surface area contributed by atoms with E-state index in [1.165, 1.54) is 109 Å². The number of hydrogen-bond donors (Lipinski definition) is 29. The molecule has 856 valence electrons. The van der Waals surface area contributed by atoms with E-state index < -0.39 is 371 Å². The molecule has 0 aliphatic carbocycles. The Morgan fingerprint density at radius 2 is 0.585 bits per heavy atom. The molecule has 47 atom stereocenters. The first-order chi connectivity index (χ1) is 70.3. The SMILES string of the molecule is CCCCCCCCCCCCC/C=C/[C@@H](O)[C@H](CO[C@@H]1OC(CO)[C@@H](O[C@@H]2OC(CO)[C@H](O)[C@H](O[C@@H]3OC(CO)[C@@H](O)[C@H](O[C@@H]4OC(CO[C@@H]5OC(CO)[C@@H](O)[C@H](O[C@@H]6OC(CO)[C@H](O)[C@H](O)C6O)C5NC(C)=O)[C@H](O)[C@H](O[C@@H]5OC(CO)[C@@H](O)[C@H](O[C@@H]6OC(CO)[C@H](O)[C@H](O)C6O[C@H]6OC(C)[C@@H](O)C(O)[C@@H]6O)C5NC(C)=O)C4O)C3NC(C)=O)C2O)[C@H](O)C1O)NC(=O)CCCCCCCCCCCCCCCCC. The second-order valence-electron chi connectivity index (χ2n) is 39.8. The van der Waals surface area contributed by atoms with Gasteiger partial charge in [-0.1, -0.05) is 180 Å². The number of unbranched alkanes of at least 4 members (excludes halogenated alkanes) is 25. The van der Waals surface area contributed by atoms with E-state index in [0.29, 0.717) is 12.8 Å². The molecular formula is C96H170N4O47. The Kier molecular flexibility index (Phi) is 55.0. The number of aliphatic hydroxyl groups is 25. The van der Waals surface area contributed by atoms with E-state index in [1.54, 1.807) is 0 Å². The number of carbonyl (C=O) groups is 4. The van der Waals surface area contributed by atoms with Gasteiger partial charge in [0.25, 0.3) is 0 Å². The number of hydrogen-bond acceptors (Lipinski definition) is 47. The fourth-order valence-electron chi connectivity index (χ4n) is 19.8. The Balaban J connectivity index is 0.967. The van der Waals surface area contributed by atoms with Crippen LogP contribution >= 0.6 is 0 Å². The van der Waals surface area contributed by atoms with Crippen molar-refractivity contribution in [1.82, 2.24) is 21.3 Å². The van der Waals surface area contributed by atoms with Crippen LogP contribution in [-0.2, 0) is 104 Å². The lowest BCUT2D eigenvalue weighted by Crippen LogP contribution is -2.71. The molecule has 0 radical (unpaired) electrons. The smallest absolute Gasteiger partial charge is 0.220 e. The minimum Gasteiger partial charge on any atom is -0.394 e. The summed E-state index contributed by atoms with van der Waals surface area (Å²) >= 11 is 0. The highest BCUT2D eigenvalue weighted by molar-refractivity contribution is 5.76. The number of aliphatic hydroxyl groups excluding tert-OH is 25. The van der Waals surface area contributed by atoms with E-state index in [-0.39, 0.29) is 6.42 Å². The van der Waals surface area contributed by atoms with E-state index in [4.69, 9.17) is 85.3 Å². The Hall–Kier alpha value is -4.10. The fourth-order valence-corrected chi connectivity index (χ4v) is 19.8. The van der Waals surface area contributed by atoms with Crippen LogP contribution in [0.3, 0.4) is 0 Å². The summed E-state index contributed by atoms with van der Waals surface area (Å²) in [5, 5.41) is 295. The van der Waals surface area contributed by atoms with Crippen molar-refractivity contribution in [3.63, 3.8) is 0 Å². The zero-order valence-corrected chi connectivity index (χ0v) is 84.6. The molecule has 51 nitrogen and oxygen atoms in total. The van der Waals surface area contributed by atoms with Crippen molar-refractivity contribution in [3.05, 3.63) is 12.2 Å². The van der Waals surface area contributed by atoms with Crippen molar-refractivity contribution < 1.29 is 232 Å². The molecule has 9 heterocycles. The molecule has 29 N–H and O–H groups in total. The quantitative estimate of drug-likeness (QED) is 0.0199. The van der Waals surface area contributed by atoms with Gasteiger partial charge in [0.1, 0.15) is 213 Å². The Morgan fingerprint density at radius 1 is 0.286 bits per heavy atom. The summed E-state index contributed by atoms with van der Waals surface area (Å²) in [6, 6.07) is -7.16. The minimum absolute atomic E-state index is 0.121. The van der Waals surface area contributed by atoms with Gasteiger partial charge in [0.05, 0.1) is 77.7 Å². The zero-order chi connectivity index (χ0) is 108. The average Bonchev–Trinajstić information content (AvgIpc) is 0.764. The number of nitrogens with one attached hydrogen (secondary N) is 4. The summed E-state index contributed by atoms with van der Waals surface area (Å²) in [5.41, 5.74) is 0. The van der Waals surface area contributed by atoms with Crippen molar-refractivity contribution in [2.24, 2.45) is 0 Å². The van der Waals surface area contributed by atoms with Gasteiger partial charge < -0.3 is 234 Å². The molecule has 0 saturated carbocycles. The van der Waals surface area contributed by atoms with Gasteiger partial charge in [-0.25, -0.2) is 0 Å². The molecule has 9 saturated heterocycles. The average molecular weight is 2130 g/mol. The van der Waals surface area contributed by atoms with Gasteiger partial charge in [-0.05, 0) is 26.2 Å². The third kappa shape index (κ3) is 35.4. The van der Waals surface area contributed by atoms with E-state index >= 15 is 0 Å². The van der Waals surface area contributed by atoms with Crippen LogP contribution in [0.1, 0.15) is 221 Å². The molecular weight excluding hydrogens is 1960 g/mol. The first kappa shape index (κ1) is 126. The van der Waals surface area contributed by atoms with Crippen LogP contribution in [0, 0.1) is 0 Å². The Bertz CT molecular complexity index is 3720. The maximum atomic E-state index is 13.7. The second-order valence-corrected chi connectivity index (χ2v) is 39.8. The van der Waals surface area contributed by atoms with Crippen molar-refractivity contribution in [2.75, 3.05) is 59.5 Å². The number of rotatable bonds is 61. The van der Waals surface area contributed by atoms with E-state index in [9.17, 15) is 147 Å². The third-order valence-corrected chi connectivity index (χ3v) is 28.4. The molecule has 18 unspecified atom stereocenters. The van der Waals surface area contributed by atoms with Gasteiger partial charge in [0.2, 0.25) is 23.6 Å². The third-order valence-electron chi connectivity index (χ3n) is 28.4. The van der Waals surface area contributed by atoms with Crippen LogP contribution in [0.4, 0.5) is 0 Å². The molecule has 147 heavy (non-hydrogen) atoms. The molecule has 51 heteroatoms. The first-order valence-corrected chi connectivity index (χ1v) is 52.4. The van der Waals surface area contributed by atoms with E-state index in [1.807, 2.05) is 6.08 Å². The molecule has 0 aromatic heterocycles. The summed E-state index contributed by atoms with van der Waals surface area (Å²) in [7, 11) is 0. The molecule has 4 amide bonds. The van der Waals surface area contributed by atoms with Crippen LogP contribution in [0.15, 0.2) is 12.2 Å². The van der Waals surface area contributed by atoms with Gasteiger partial charge in [-0.3, -0.25) is 19.2 Å². The maximum Gasteiger partial charge on any atom is 0.220 e. The molecule has 9 aliphatic rings. The number of carbonyl (C=O) groups excluding carboxylic acids is 4. The molecule has 0 bridgehead atoms. The van der Waals surface area contributed by atoms with Gasteiger partial charge in [-0.2, -0.15) is 0 Å². The molecule has 9 rings (SSSR count). The van der Waals surface area contributed by atoms with Gasteiger partial charge in [0.15, 0.2) is 56.6 Å². The predicted octanol–water partition coefficient (Wildman–Crippen LogP) is -7.78. The van der Waals surface area contributed by atoms with Crippen LogP contribution in [0.25, 0.3) is 0 Å². The van der Waals surface area contributed by atoms with Gasteiger partial charge >= 0.3 is 0 Å². The lowest BCUT2D eigenvalue weighted by molar-refractivity contribution is -0.392. The predicted molar refractivity (Wildman–Crippen MR) is 502 cm³/mol. The molecule has 9 fully saturated rings. The highest BCUT2D eigenvalue weighted by Gasteiger charge is 2.62. The normalized spacial score (nSPS) is 40.6. The monoisotopic (exact) mass is 2130 g/mol. The maximum absolute atomic E-state index is 13.7. The topological polar surface area (TPSA) is 788 Å². The summed E-state index contributed by atoms with van der Waals surface area (Å²) in [5.74, 6) is -3.36. The fraction of sp³-hybridized carbons (Fsp3) is 0.938. The largest absolute Gasteiger partial charge is 0.394 e. The van der Waals surface area contributed by atoms with Crippen LogP contribution < -0.4 is 21.3 Å². The number of ether oxygens (including phenoxy) is 18. The van der Waals surface area contributed by atoms with Crippen molar-refractivity contribution in [3.8, 4) is 0 Å². The standard InChI is InChI=1S/C96H170N4O47/c1-7-9-11-13-15-17-19-21-22-24-26-28-30-32-34-36-60(112)100-50(51(111)35-33-31-29-27-25-23-20-18-16-14-12-10-8-2)44-130-91-78(127)75(124)81(58(43-107)139-91)141-94-79(128)85(70(119)57(42-106)137-94)145-89-62(98-48(5)109)83(68(117)55(40-104)134-89)143-95-80(129)86(71(120)59(140-95)45-131-88-61(97-47(4)108)82(67(116)54(39-103)133-88)142-93-77(126)73(122)65(114)52(37-101)136-93)146-90-63(99-49(6)110)84(69(118)56(41-105)135-90)144-96-87(74(123)66(115)53(38-102)138-96)147-92-76(125)72(121)64(113)46(3)132-92/h33,35,46,50-59,61-96,101-107,111,113-129H,7-32,34,36-45H2,1-6H3,(H,97,108)(H,98,109)(H,99,110)(H,100,112)/b35-33+/t46?,50-,51+,52?,53?,54?,55?,56?,57?,58?,59?,61?,62?,63?,64+,65-,66-,67+,68+,69+,70-,71-,72?,73-,74-,75+,76-,77?,78?,79?,80?,81+,82+,83+,84+,85-,86-,87?,88+,89-,90-,91+,92+,93-,94-,95-,96-/m0/s1. The molecule has 0 aromatic rings. The van der Waals surface area contributed by atoms with E-state index in [2.05, 4.69) is 35.1 Å². The highest BCUT2D eigenvalue weighted by Crippen LogP contribution is 2.41.